The minimum atomic E-state index is -1.18. The van der Waals surface area contributed by atoms with E-state index in [0.717, 1.165) is 0 Å². The van der Waals surface area contributed by atoms with E-state index in [1.807, 2.05) is 0 Å². The average molecular weight is 323 g/mol. The number of nitrogens with one attached hydrogen (secondary N) is 1. The van der Waals surface area contributed by atoms with E-state index in [9.17, 15) is 19.2 Å². The monoisotopic (exact) mass is 322 g/mol. The highest BCUT2D eigenvalue weighted by atomic mass is 35.5. The summed E-state index contributed by atoms with van der Waals surface area (Å²) in [5.74, 6) is -2.44. The van der Waals surface area contributed by atoms with Crippen LogP contribution in [-0.4, -0.2) is 39.7 Å². The second-order valence-electron chi connectivity index (χ2n) is 5.19. The molecule has 1 saturated heterocycles. The normalized spacial score (nSPS) is 20.9. The molecule has 1 fully saturated rings. The van der Waals surface area contributed by atoms with E-state index in [-0.39, 0.29) is 41.8 Å². The third kappa shape index (κ3) is 2.23. The summed E-state index contributed by atoms with van der Waals surface area (Å²) in [6.07, 6.45) is 0.418. The maximum atomic E-state index is 12.4. The molecule has 0 spiro atoms. The first-order valence-corrected chi connectivity index (χ1v) is 6.96. The van der Waals surface area contributed by atoms with Gasteiger partial charge in [0, 0.05) is 18.5 Å². The van der Waals surface area contributed by atoms with Gasteiger partial charge in [-0.15, -0.1) is 0 Å². The molecule has 2 heterocycles. The van der Waals surface area contributed by atoms with Crippen molar-refractivity contribution in [1.82, 2.24) is 10.2 Å². The molecule has 0 aromatic heterocycles. The van der Waals surface area contributed by atoms with Crippen LogP contribution in [0.3, 0.4) is 0 Å². The number of halogens is 1. The van der Waals surface area contributed by atoms with Gasteiger partial charge in [0.2, 0.25) is 11.8 Å². The number of amides is 3. The third-order valence-electron chi connectivity index (χ3n) is 3.84. The molecule has 0 radical (unpaired) electrons. The summed E-state index contributed by atoms with van der Waals surface area (Å²) in [4.78, 5) is 47.9. The fourth-order valence-corrected chi connectivity index (χ4v) is 3.00. The van der Waals surface area contributed by atoms with Gasteiger partial charge in [0.05, 0.1) is 10.6 Å². The first-order chi connectivity index (χ1) is 10.4. The van der Waals surface area contributed by atoms with Gasteiger partial charge in [-0.25, -0.2) is 4.79 Å². The van der Waals surface area contributed by atoms with Crippen molar-refractivity contribution in [1.29, 1.82) is 0 Å². The number of hydrogen-bond donors (Lipinski definition) is 2. The lowest BCUT2D eigenvalue weighted by molar-refractivity contribution is -0.136. The Labute approximate surface area is 129 Å². The Morgan fingerprint density at radius 3 is 2.68 bits per heavy atom. The van der Waals surface area contributed by atoms with Crippen molar-refractivity contribution < 1.29 is 24.3 Å². The second kappa shape index (κ2) is 5.10. The van der Waals surface area contributed by atoms with Gasteiger partial charge in [-0.2, -0.15) is 0 Å². The number of benzene rings is 1. The van der Waals surface area contributed by atoms with Crippen LogP contribution in [-0.2, 0) is 16.1 Å². The van der Waals surface area contributed by atoms with Crippen LogP contribution in [0.5, 0.6) is 0 Å². The molecule has 1 unspecified atom stereocenters. The van der Waals surface area contributed by atoms with Crippen LogP contribution >= 0.6 is 11.6 Å². The van der Waals surface area contributed by atoms with Gasteiger partial charge >= 0.3 is 5.97 Å². The van der Waals surface area contributed by atoms with E-state index < -0.39 is 17.9 Å². The van der Waals surface area contributed by atoms with Crippen molar-refractivity contribution in [3.05, 3.63) is 33.8 Å². The molecule has 2 aliphatic rings. The number of carboxylic acid groups (broad SMARTS) is 1. The topological polar surface area (TPSA) is 104 Å². The SMILES string of the molecule is O=C1CCC(N2Cc3cc(C(=O)O)c(Cl)cc3C2=O)C(=O)N1. The highest BCUT2D eigenvalue weighted by Crippen LogP contribution is 2.31. The standard InChI is InChI=1S/C14H11ClN2O5/c15-9-4-7-6(3-8(9)14(21)22)5-17(13(7)20)10-1-2-11(18)16-12(10)19/h3-4,10H,1-2,5H2,(H,21,22)(H,16,18,19). The summed E-state index contributed by atoms with van der Waals surface area (Å²) < 4.78 is 0. The quantitative estimate of drug-likeness (QED) is 0.784. The van der Waals surface area contributed by atoms with E-state index in [4.69, 9.17) is 16.7 Å². The van der Waals surface area contributed by atoms with Gasteiger partial charge in [-0.1, -0.05) is 11.6 Å². The number of rotatable bonds is 2. The van der Waals surface area contributed by atoms with Gasteiger partial charge in [-0.3, -0.25) is 19.7 Å². The molecular weight excluding hydrogens is 312 g/mol. The second-order valence-corrected chi connectivity index (χ2v) is 5.60. The van der Waals surface area contributed by atoms with Crippen LogP contribution in [0.25, 0.3) is 0 Å². The Morgan fingerprint density at radius 2 is 2.05 bits per heavy atom. The van der Waals surface area contributed by atoms with Crippen LogP contribution in [0.1, 0.15) is 39.1 Å². The molecule has 0 saturated carbocycles. The smallest absolute Gasteiger partial charge is 0.337 e. The molecule has 1 aromatic rings. The fourth-order valence-electron chi connectivity index (χ4n) is 2.75. The van der Waals surface area contributed by atoms with E-state index in [1.165, 1.54) is 17.0 Å². The summed E-state index contributed by atoms with van der Waals surface area (Å²) >= 11 is 5.87. The Morgan fingerprint density at radius 1 is 1.32 bits per heavy atom. The van der Waals surface area contributed by atoms with Crippen LogP contribution in [0, 0.1) is 0 Å². The number of hydrogen-bond acceptors (Lipinski definition) is 4. The lowest BCUT2D eigenvalue weighted by Gasteiger charge is -2.29. The maximum Gasteiger partial charge on any atom is 0.337 e. The maximum absolute atomic E-state index is 12.4. The number of carboxylic acids is 1. The minimum Gasteiger partial charge on any atom is -0.478 e. The fraction of sp³-hybridized carbons (Fsp3) is 0.286. The first kappa shape index (κ1) is 14.5. The van der Waals surface area contributed by atoms with Crippen molar-refractivity contribution in [2.45, 2.75) is 25.4 Å². The van der Waals surface area contributed by atoms with Gasteiger partial charge in [-0.05, 0) is 24.1 Å². The first-order valence-electron chi connectivity index (χ1n) is 6.59. The van der Waals surface area contributed by atoms with Crippen LogP contribution in [0.4, 0.5) is 0 Å². The highest BCUT2D eigenvalue weighted by Gasteiger charge is 2.39. The third-order valence-corrected chi connectivity index (χ3v) is 4.15. The zero-order valence-corrected chi connectivity index (χ0v) is 12.0. The van der Waals surface area contributed by atoms with Gasteiger partial charge < -0.3 is 10.0 Å². The molecule has 7 nitrogen and oxygen atoms in total. The molecule has 0 bridgehead atoms. The Kier molecular flexibility index (Phi) is 3.37. The molecule has 2 N–H and O–H groups in total. The van der Waals surface area contributed by atoms with Crippen LogP contribution in [0.2, 0.25) is 5.02 Å². The zero-order valence-electron chi connectivity index (χ0n) is 11.3. The largest absolute Gasteiger partial charge is 0.478 e. The van der Waals surface area contributed by atoms with E-state index in [0.29, 0.717) is 11.1 Å². The van der Waals surface area contributed by atoms with Crippen molar-refractivity contribution in [3.63, 3.8) is 0 Å². The summed E-state index contributed by atoms with van der Waals surface area (Å²) in [7, 11) is 0. The molecule has 1 aromatic carbocycles. The van der Waals surface area contributed by atoms with Crippen molar-refractivity contribution in [2.75, 3.05) is 0 Å². The molecule has 114 valence electrons. The lowest BCUT2D eigenvalue weighted by atomic mass is 10.0. The van der Waals surface area contributed by atoms with E-state index >= 15 is 0 Å². The van der Waals surface area contributed by atoms with Crippen LogP contribution in [0.15, 0.2) is 12.1 Å². The van der Waals surface area contributed by atoms with Crippen molar-refractivity contribution >= 4 is 35.3 Å². The summed E-state index contributed by atoms with van der Waals surface area (Å²) in [6.45, 7) is 0.123. The Balaban J connectivity index is 1.93. The Bertz CT molecular complexity index is 730. The number of carbonyl (C=O) groups excluding carboxylic acids is 3. The number of fused-ring (bicyclic) bond motifs is 1. The van der Waals surface area contributed by atoms with Gasteiger partial charge in [0.25, 0.3) is 5.91 Å². The van der Waals surface area contributed by atoms with Crippen molar-refractivity contribution in [3.8, 4) is 0 Å². The minimum absolute atomic E-state index is 0.0234. The summed E-state index contributed by atoms with van der Waals surface area (Å²) in [6, 6.07) is 1.93. The molecule has 8 heteroatoms. The molecule has 3 rings (SSSR count). The van der Waals surface area contributed by atoms with E-state index in [2.05, 4.69) is 5.32 Å². The number of aromatic carboxylic acids is 1. The Hall–Kier alpha value is -2.41. The zero-order chi connectivity index (χ0) is 16.0. The van der Waals surface area contributed by atoms with Gasteiger partial charge in [0.1, 0.15) is 6.04 Å². The van der Waals surface area contributed by atoms with E-state index in [1.54, 1.807) is 0 Å². The molecule has 1 atom stereocenters. The number of carbonyl (C=O) groups is 4. The molecule has 3 amide bonds. The predicted molar refractivity (Wildman–Crippen MR) is 74.5 cm³/mol. The lowest BCUT2D eigenvalue weighted by Crippen LogP contribution is -2.52. The number of imide groups is 1. The predicted octanol–water partition coefficient (Wildman–Crippen LogP) is 0.799. The number of piperidine rings is 1. The molecular formula is C14H11ClN2O5. The molecule has 0 aliphatic carbocycles. The summed E-state index contributed by atoms with van der Waals surface area (Å²) in [5.41, 5.74) is 0.717. The summed E-state index contributed by atoms with van der Waals surface area (Å²) in [5, 5.41) is 11.2. The van der Waals surface area contributed by atoms with Gasteiger partial charge in [0.15, 0.2) is 0 Å². The van der Waals surface area contributed by atoms with Crippen LogP contribution < -0.4 is 5.32 Å². The molecule has 22 heavy (non-hydrogen) atoms. The highest BCUT2D eigenvalue weighted by molar-refractivity contribution is 6.34. The van der Waals surface area contributed by atoms with Crippen molar-refractivity contribution in [2.24, 2.45) is 0 Å². The number of nitrogens with zero attached hydrogens (tertiary/aromatic N) is 1. The average Bonchev–Trinajstić information content (AvgIpc) is 2.75. The molecule has 2 aliphatic heterocycles.